The first-order valence-electron chi connectivity index (χ1n) is 13.9. The molecule has 47 heavy (non-hydrogen) atoms. The van der Waals surface area contributed by atoms with Crippen molar-refractivity contribution in [1.82, 2.24) is 0 Å². The second-order valence-corrected chi connectivity index (χ2v) is 11.7. The third-order valence-corrected chi connectivity index (χ3v) is 8.93. The quantitative estimate of drug-likeness (QED) is 0.208. The van der Waals surface area contributed by atoms with Gasteiger partial charge in [-0.3, -0.25) is 0 Å². The lowest BCUT2D eigenvalue weighted by Crippen LogP contribution is -2.22. The Morgan fingerprint density at radius 1 is 0.447 bits per heavy atom. The Kier molecular flexibility index (Phi) is 7.15. The highest BCUT2D eigenvalue weighted by atomic mass is 19.4. The number of alkyl halides is 12. The minimum Gasteiger partial charge on any atom is -0.507 e. The Hall–Kier alpha value is -4.36. The Morgan fingerprint density at radius 2 is 0.745 bits per heavy atom. The topological polar surface area (TPSA) is 40.5 Å². The second-order valence-electron chi connectivity index (χ2n) is 11.7. The van der Waals surface area contributed by atoms with Gasteiger partial charge in [-0.25, -0.2) is 0 Å². The lowest BCUT2D eigenvalue weighted by Gasteiger charge is -2.29. The molecule has 4 aromatic carbocycles. The lowest BCUT2D eigenvalue weighted by atomic mass is 9.74. The summed E-state index contributed by atoms with van der Waals surface area (Å²) in [4.78, 5) is 0. The molecule has 0 amide bonds. The van der Waals surface area contributed by atoms with Crippen LogP contribution in [0, 0.1) is 0 Å². The van der Waals surface area contributed by atoms with Crippen LogP contribution in [0.1, 0.15) is 57.3 Å². The molecule has 0 fully saturated rings. The normalized spacial score (nSPS) is 16.1. The predicted octanol–water partition coefficient (Wildman–Crippen LogP) is 10.7. The number of aryl methyl sites for hydroxylation is 2. The number of fused-ring (bicyclic) bond motifs is 4. The standard InChI is InChI=1S/C33H20F12O2/c34-30(35,36)19-9-17(10-20(13-19)31(37,38)39)23-3-1-15-5-7-29(25(15)27(23)46)8-6-16-2-4-24(28(47)26(16)29)18-11-21(32(40,41)42)14-22(12-18)33(43,44)45/h1-4,9-14,46-47H,5-8H2. The van der Waals surface area contributed by atoms with Crippen LogP contribution in [-0.2, 0) is 43.0 Å². The zero-order valence-electron chi connectivity index (χ0n) is 23.5. The molecule has 1 spiro atoms. The Bertz CT molecular complexity index is 1710. The summed E-state index contributed by atoms with van der Waals surface area (Å²) in [5.74, 6) is -1.30. The van der Waals surface area contributed by atoms with Crippen LogP contribution >= 0.6 is 0 Å². The van der Waals surface area contributed by atoms with E-state index in [2.05, 4.69) is 0 Å². The number of aromatic hydroxyl groups is 2. The Labute approximate surface area is 257 Å². The van der Waals surface area contributed by atoms with E-state index >= 15 is 0 Å². The minimum atomic E-state index is -5.16. The molecule has 0 saturated carbocycles. The molecule has 4 aromatic rings. The van der Waals surface area contributed by atoms with Crippen LogP contribution < -0.4 is 0 Å². The zero-order valence-corrected chi connectivity index (χ0v) is 23.5. The molecule has 0 aliphatic heterocycles. The molecule has 0 atom stereocenters. The van der Waals surface area contributed by atoms with Crippen molar-refractivity contribution in [2.75, 3.05) is 0 Å². The van der Waals surface area contributed by atoms with Crippen LogP contribution in [0.2, 0.25) is 0 Å². The van der Waals surface area contributed by atoms with Gasteiger partial charge in [0.1, 0.15) is 11.5 Å². The molecule has 248 valence electrons. The Morgan fingerprint density at radius 3 is 1.02 bits per heavy atom. The van der Waals surface area contributed by atoms with Crippen molar-refractivity contribution in [1.29, 1.82) is 0 Å². The maximum Gasteiger partial charge on any atom is 0.416 e. The molecule has 0 aromatic heterocycles. The summed E-state index contributed by atoms with van der Waals surface area (Å²) in [6.07, 6.45) is -19.8. The van der Waals surface area contributed by atoms with Gasteiger partial charge in [-0.05, 0) is 84.3 Å². The molecule has 2 nitrogen and oxygen atoms in total. The smallest absolute Gasteiger partial charge is 0.416 e. The molecular weight excluding hydrogens is 656 g/mol. The average Bonchev–Trinajstić information content (AvgIpc) is 3.53. The van der Waals surface area contributed by atoms with Crippen molar-refractivity contribution in [2.24, 2.45) is 0 Å². The van der Waals surface area contributed by atoms with Gasteiger partial charge < -0.3 is 10.2 Å². The molecule has 14 heteroatoms. The van der Waals surface area contributed by atoms with E-state index in [0.717, 1.165) is 0 Å². The summed E-state index contributed by atoms with van der Waals surface area (Å²) in [5.41, 5.74) is -8.49. The summed E-state index contributed by atoms with van der Waals surface area (Å²) in [6, 6.07) is 6.93. The van der Waals surface area contributed by atoms with E-state index in [0.29, 0.717) is 35.4 Å². The second kappa shape index (κ2) is 10.3. The lowest BCUT2D eigenvalue weighted by molar-refractivity contribution is -0.144. The van der Waals surface area contributed by atoms with Crippen LogP contribution in [-0.4, -0.2) is 10.2 Å². The van der Waals surface area contributed by atoms with Gasteiger partial charge in [0.05, 0.1) is 22.3 Å². The van der Waals surface area contributed by atoms with E-state index in [4.69, 9.17) is 0 Å². The van der Waals surface area contributed by atoms with Crippen molar-refractivity contribution < 1.29 is 62.9 Å². The highest BCUT2D eigenvalue weighted by molar-refractivity contribution is 5.80. The highest BCUT2D eigenvalue weighted by Gasteiger charge is 2.49. The van der Waals surface area contributed by atoms with E-state index in [1.54, 1.807) is 0 Å². The molecule has 0 saturated heterocycles. The largest absolute Gasteiger partial charge is 0.507 e. The number of phenols is 2. The van der Waals surface area contributed by atoms with Gasteiger partial charge in [-0.2, -0.15) is 52.7 Å². The number of benzene rings is 4. The number of hydrogen-bond donors (Lipinski definition) is 2. The van der Waals surface area contributed by atoms with Crippen molar-refractivity contribution in [3.8, 4) is 33.8 Å². The SMILES string of the molecule is Oc1c(-c2cc(C(F)(F)F)cc(C(F)(F)F)c2)ccc2c1C1(CC2)CCc2ccc(-c3cc(C(F)(F)F)cc(C(F)(F)F)c3)c(O)c21. The van der Waals surface area contributed by atoms with Gasteiger partial charge in [0.2, 0.25) is 0 Å². The molecular formula is C33H20F12O2. The van der Waals surface area contributed by atoms with Crippen LogP contribution in [0.5, 0.6) is 11.5 Å². The average molecular weight is 676 g/mol. The first-order chi connectivity index (χ1) is 21.6. The van der Waals surface area contributed by atoms with E-state index in [1.807, 2.05) is 0 Å². The summed E-state index contributed by atoms with van der Waals surface area (Å²) >= 11 is 0. The summed E-state index contributed by atoms with van der Waals surface area (Å²) < 4.78 is 163. The molecule has 0 heterocycles. The minimum absolute atomic E-state index is 0.0554. The maximum atomic E-state index is 13.6. The molecule has 0 bridgehead atoms. The van der Waals surface area contributed by atoms with Crippen LogP contribution in [0.3, 0.4) is 0 Å². The molecule has 0 radical (unpaired) electrons. The third-order valence-electron chi connectivity index (χ3n) is 8.93. The number of rotatable bonds is 2. The Balaban J connectivity index is 1.55. The van der Waals surface area contributed by atoms with E-state index in [9.17, 15) is 62.9 Å². The van der Waals surface area contributed by atoms with Crippen LogP contribution in [0.15, 0.2) is 60.7 Å². The van der Waals surface area contributed by atoms with E-state index < -0.39 is 75.0 Å². The van der Waals surface area contributed by atoms with Crippen molar-refractivity contribution >= 4 is 0 Å². The molecule has 2 aliphatic rings. The van der Waals surface area contributed by atoms with Crippen LogP contribution in [0.25, 0.3) is 22.3 Å². The van der Waals surface area contributed by atoms with Crippen LogP contribution in [0.4, 0.5) is 52.7 Å². The van der Waals surface area contributed by atoms with Gasteiger partial charge in [-0.15, -0.1) is 0 Å². The first kappa shape index (κ1) is 32.6. The number of halogens is 12. The summed E-state index contributed by atoms with van der Waals surface area (Å²) in [5, 5.41) is 23.1. The first-order valence-corrected chi connectivity index (χ1v) is 13.9. The fourth-order valence-corrected chi connectivity index (χ4v) is 6.88. The van der Waals surface area contributed by atoms with E-state index in [1.165, 1.54) is 24.3 Å². The van der Waals surface area contributed by atoms with Crippen molar-refractivity contribution in [2.45, 2.75) is 55.8 Å². The van der Waals surface area contributed by atoms with Crippen molar-refractivity contribution in [3.05, 3.63) is 105 Å². The highest BCUT2D eigenvalue weighted by Crippen LogP contribution is 2.60. The zero-order chi connectivity index (χ0) is 34.5. The monoisotopic (exact) mass is 676 g/mol. The summed E-state index contributed by atoms with van der Waals surface area (Å²) in [6.45, 7) is 0. The maximum absolute atomic E-state index is 13.6. The van der Waals surface area contributed by atoms with E-state index in [-0.39, 0.29) is 60.1 Å². The molecule has 6 rings (SSSR count). The molecule has 2 N–H and O–H groups in total. The number of phenolic OH excluding ortho intramolecular Hbond substituents is 2. The van der Waals surface area contributed by atoms with Gasteiger partial charge in [0.25, 0.3) is 0 Å². The van der Waals surface area contributed by atoms with Gasteiger partial charge >= 0.3 is 24.7 Å². The third kappa shape index (κ3) is 5.44. The molecule has 2 aliphatic carbocycles. The molecule has 0 unspecified atom stereocenters. The van der Waals surface area contributed by atoms with Crippen molar-refractivity contribution in [3.63, 3.8) is 0 Å². The van der Waals surface area contributed by atoms with Gasteiger partial charge in [-0.1, -0.05) is 24.3 Å². The summed E-state index contributed by atoms with van der Waals surface area (Å²) in [7, 11) is 0. The fourth-order valence-electron chi connectivity index (χ4n) is 6.88. The van der Waals surface area contributed by atoms with Gasteiger partial charge in [0.15, 0.2) is 0 Å². The van der Waals surface area contributed by atoms with Gasteiger partial charge in [0, 0.05) is 27.7 Å². The number of hydrogen-bond acceptors (Lipinski definition) is 2. The predicted molar refractivity (Wildman–Crippen MR) is 145 cm³/mol. The fraction of sp³-hybridized carbons (Fsp3) is 0.273.